The van der Waals surface area contributed by atoms with Crippen LogP contribution in [-0.2, 0) is 9.53 Å². The van der Waals surface area contributed by atoms with Crippen molar-refractivity contribution in [2.75, 3.05) is 11.9 Å². The number of carbonyl (C=O) groups is 1. The van der Waals surface area contributed by atoms with E-state index in [1.165, 1.54) is 0 Å². The molecule has 0 saturated carbocycles. The zero-order chi connectivity index (χ0) is 13.1. The number of hydrogen-bond donors (Lipinski definition) is 2. The molecule has 6 nitrogen and oxygen atoms in total. The molecule has 1 fully saturated rings. The Hall–Kier alpha value is -1.69. The van der Waals surface area contributed by atoms with Gasteiger partial charge in [0.1, 0.15) is 5.82 Å². The SMILES string of the molecule is Cc1cc(NC(=O)[C@@H]2CCCO[C@H]2C)nc(=O)[nH]1. The second kappa shape index (κ2) is 5.30. The number of anilines is 1. The molecule has 2 N–H and O–H groups in total. The second-order valence-electron chi connectivity index (χ2n) is 4.57. The highest BCUT2D eigenvalue weighted by Gasteiger charge is 2.28. The molecule has 0 unspecified atom stereocenters. The minimum atomic E-state index is -0.460. The van der Waals surface area contributed by atoms with Crippen molar-refractivity contribution in [1.82, 2.24) is 9.97 Å². The molecule has 1 aliphatic rings. The van der Waals surface area contributed by atoms with Gasteiger partial charge in [-0.15, -0.1) is 0 Å². The minimum Gasteiger partial charge on any atom is -0.378 e. The van der Waals surface area contributed by atoms with Gasteiger partial charge < -0.3 is 15.0 Å². The molecule has 0 aromatic carbocycles. The summed E-state index contributed by atoms with van der Waals surface area (Å²) >= 11 is 0. The molecule has 2 rings (SSSR count). The summed E-state index contributed by atoms with van der Waals surface area (Å²) in [7, 11) is 0. The van der Waals surface area contributed by atoms with Crippen LogP contribution in [0.25, 0.3) is 0 Å². The van der Waals surface area contributed by atoms with Crippen LogP contribution in [-0.4, -0.2) is 28.6 Å². The summed E-state index contributed by atoms with van der Waals surface area (Å²) in [5.41, 5.74) is 0.205. The number of H-pyrrole nitrogens is 1. The largest absolute Gasteiger partial charge is 0.378 e. The van der Waals surface area contributed by atoms with Gasteiger partial charge in [0, 0.05) is 18.4 Å². The molecule has 1 amide bonds. The number of aromatic amines is 1. The van der Waals surface area contributed by atoms with Gasteiger partial charge in [0.15, 0.2) is 0 Å². The van der Waals surface area contributed by atoms with E-state index in [2.05, 4.69) is 15.3 Å². The van der Waals surface area contributed by atoms with Crippen molar-refractivity contribution in [2.45, 2.75) is 32.8 Å². The number of nitrogens with zero attached hydrogens (tertiary/aromatic N) is 1. The lowest BCUT2D eigenvalue weighted by Crippen LogP contribution is -2.36. The summed E-state index contributed by atoms with van der Waals surface area (Å²) in [4.78, 5) is 29.5. The average Bonchev–Trinajstić information content (AvgIpc) is 2.27. The Morgan fingerprint density at radius 1 is 1.61 bits per heavy atom. The van der Waals surface area contributed by atoms with Crippen LogP contribution in [0.3, 0.4) is 0 Å². The lowest BCUT2D eigenvalue weighted by atomic mass is 9.94. The van der Waals surface area contributed by atoms with E-state index < -0.39 is 5.69 Å². The molecule has 18 heavy (non-hydrogen) atoms. The lowest BCUT2D eigenvalue weighted by Gasteiger charge is -2.27. The van der Waals surface area contributed by atoms with Crippen molar-refractivity contribution in [3.63, 3.8) is 0 Å². The fourth-order valence-corrected chi connectivity index (χ4v) is 2.13. The zero-order valence-corrected chi connectivity index (χ0v) is 10.5. The summed E-state index contributed by atoms with van der Waals surface area (Å²) in [5.74, 6) is -0.0288. The van der Waals surface area contributed by atoms with E-state index in [1.54, 1.807) is 13.0 Å². The Morgan fingerprint density at radius 3 is 3.06 bits per heavy atom. The van der Waals surface area contributed by atoms with Crippen molar-refractivity contribution in [3.8, 4) is 0 Å². The quantitative estimate of drug-likeness (QED) is 0.815. The fraction of sp³-hybridized carbons (Fsp3) is 0.583. The highest BCUT2D eigenvalue weighted by Crippen LogP contribution is 2.21. The van der Waals surface area contributed by atoms with Gasteiger partial charge in [-0.25, -0.2) is 4.79 Å². The van der Waals surface area contributed by atoms with Gasteiger partial charge in [-0.3, -0.25) is 4.79 Å². The molecule has 6 heteroatoms. The standard InChI is InChI=1S/C12H17N3O3/c1-7-6-10(15-12(17)13-7)14-11(16)9-4-3-5-18-8(9)2/h6,8-9H,3-5H2,1-2H3,(H2,13,14,15,16,17)/t8-,9+/m0/s1. The van der Waals surface area contributed by atoms with Crippen molar-refractivity contribution in [2.24, 2.45) is 5.92 Å². The van der Waals surface area contributed by atoms with Gasteiger partial charge >= 0.3 is 5.69 Å². The Morgan fingerprint density at radius 2 is 2.39 bits per heavy atom. The summed E-state index contributed by atoms with van der Waals surface area (Å²) in [6, 6.07) is 1.63. The van der Waals surface area contributed by atoms with Crippen LogP contribution in [0.4, 0.5) is 5.82 Å². The number of nitrogens with one attached hydrogen (secondary N) is 2. The summed E-state index contributed by atoms with van der Waals surface area (Å²) in [6.07, 6.45) is 1.58. The highest BCUT2D eigenvalue weighted by molar-refractivity contribution is 5.92. The Kier molecular flexibility index (Phi) is 3.76. The lowest BCUT2D eigenvalue weighted by molar-refractivity contribution is -0.127. The van der Waals surface area contributed by atoms with E-state index in [4.69, 9.17) is 4.74 Å². The normalized spacial score (nSPS) is 23.7. The number of hydrogen-bond acceptors (Lipinski definition) is 4. The van der Waals surface area contributed by atoms with Gasteiger partial charge in [-0.2, -0.15) is 4.98 Å². The molecule has 2 atom stereocenters. The van der Waals surface area contributed by atoms with Gasteiger partial charge in [-0.05, 0) is 26.7 Å². The van der Waals surface area contributed by atoms with Crippen LogP contribution < -0.4 is 11.0 Å². The maximum atomic E-state index is 12.1. The first-order chi connectivity index (χ1) is 8.56. The van der Waals surface area contributed by atoms with Crippen molar-refractivity contribution >= 4 is 11.7 Å². The Bertz CT molecular complexity index is 498. The molecule has 0 spiro atoms. The van der Waals surface area contributed by atoms with Crippen LogP contribution >= 0.6 is 0 Å². The molecule has 0 aliphatic carbocycles. The van der Waals surface area contributed by atoms with Crippen LogP contribution in [0, 0.1) is 12.8 Å². The topological polar surface area (TPSA) is 84.1 Å². The predicted molar refractivity (Wildman–Crippen MR) is 66.4 cm³/mol. The third-order valence-electron chi connectivity index (χ3n) is 3.07. The molecule has 1 aromatic heterocycles. The number of carbonyl (C=O) groups excluding carboxylic acids is 1. The molecule has 1 aliphatic heterocycles. The van der Waals surface area contributed by atoms with Gasteiger partial charge in [0.25, 0.3) is 0 Å². The summed E-state index contributed by atoms with van der Waals surface area (Å²) < 4.78 is 5.45. The first-order valence-corrected chi connectivity index (χ1v) is 6.06. The van der Waals surface area contributed by atoms with Crippen LogP contribution in [0.2, 0.25) is 0 Å². The predicted octanol–water partition coefficient (Wildman–Crippen LogP) is 0.832. The maximum Gasteiger partial charge on any atom is 0.347 e. The third-order valence-corrected chi connectivity index (χ3v) is 3.07. The molecule has 0 radical (unpaired) electrons. The summed E-state index contributed by atoms with van der Waals surface area (Å²) in [5, 5.41) is 2.67. The average molecular weight is 251 g/mol. The molecule has 0 bridgehead atoms. The van der Waals surface area contributed by atoms with Gasteiger partial charge in [0.2, 0.25) is 5.91 Å². The first-order valence-electron chi connectivity index (χ1n) is 6.06. The Balaban J connectivity index is 2.08. The maximum absolute atomic E-state index is 12.1. The third kappa shape index (κ3) is 2.95. The van der Waals surface area contributed by atoms with Crippen LogP contribution in [0.15, 0.2) is 10.9 Å². The molecular formula is C12H17N3O3. The number of amides is 1. The number of aryl methyl sites for hydroxylation is 1. The van der Waals surface area contributed by atoms with E-state index in [1.807, 2.05) is 6.92 Å². The number of aromatic nitrogens is 2. The fourth-order valence-electron chi connectivity index (χ4n) is 2.13. The van der Waals surface area contributed by atoms with E-state index in [-0.39, 0.29) is 17.9 Å². The minimum absolute atomic E-state index is 0.0955. The Labute approximate surface area is 105 Å². The smallest absolute Gasteiger partial charge is 0.347 e. The van der Waals surface area contributed by atoms with E-state index >= 15 is 0 Å². The molecular weight excluding hydrogens is 234 g/mol. The number of ether oxygens (including phenoxy) is 1. The zero-order valence-electron chi connectivity index (χ0n) is 10.5. The van der Waals surface area contributed by atoms with E-state index in [0.29, 0.717) is 18.1 Å². The monoisotopic (exact) mass is 251 g/mol. The highest BCUT2D eigenvalue weighted by atomic mass is 16.5. The number of rotatable bonds is 2. The van der Waals surface area contributed by atoms with Crippen molar-refractivity contribution in [3.05, 3.63) is 22.2 Å². The molecule has 1 saturated heterocycles. The van der Waals surface area contributed by atoms with Crippen molar-refractivity contribution in [1.29, 1.82) is 0 Å². The first kappa shape index (κ1) is 12.8. The van der Waals surface area contributed by atoms with Gasteiger partial charge in [0.05, 0.1) is 12.0 Å². The van der Waals surface area contributed by atoms with E-state index in [9.17, 15) is 9.59 Å². The van der Waals surface area contributed by atoms with E-state index in [0.717, 1.165) is 12.8 Å². The van der Waals surface area contributed by atoms with Crippen LogP contribution in [0.1, 0.15) is 25.5 Å². The molecule has 98 valence electrons. The van der Waals surface area contributed by atoms with Crippen molar-refractivity contribution < 1.29 is 9.53 Å². The second-order valence-corrected chi connectivity index (χ2v) is 4.57. The molecule has 1 aromatic rings. The van der Waals surface area contributed by atoms with Gasteiger partial charge in [-0.1, -0.05) is 0 Å². The molecule has 2 heterocycles. The van der Waals surface area contributed by atoms with Crippen LogP contribution in [0.5, 0.6) is 0 Å². The summed E-state index contributed by atoms with van der Waals surface area (Å²) in [6.45, 7) is 4.33.